The van der Waals surface area contributed by atoms with Crippen molar-refractivity contribution in [2.45, 2.75) is 26.5 Å². The van der Waals surface area contributed by atoms with E-state index in [2.05, 4.69) is 27.6 Å². The van der Waals surface area contributed by atoms with Crippen LogP contribution in [0.4, 0.5) is 4.39 Å². The molecule has 34 heavy (non-hydrogen) atoms. The van der Waals surface area contributed by atoms with Crippen LogP contribution < -0.4 is 9.47 Å². The lowest BCUT2D eigenvalue weighted by Crippen LogP contribution is -2.34. The number of methoxy groups -OCH3 is 1. The summed E-state index contributed by atoms with van der Waals surface area (Å²) in [5, 5.41) is 2.99. The first-order valence-electron chi connectivity index (χ1n) is 10.4. The van der Waals surface area contributed by atoms with E-state index in [1.54, 1.807) is 26.0 Å². The average Bonchev–Trinajstić information content (AvgIpc) is 3.26. The second kappa shape index (κ2) is 10.6. The molecule has 0 saturated heterocycles. The first kappa shape index (κ1) is 24.9. The zero-order valence-electron chi connectivity index (χ0n) is 18.6. The molecule has 2 aliphatic heterocycles. The first-order valence-corrected chi connectivity index (χ1v) is 12.7. The number of allylic oxidation sites excluding steroid dienone is 1. The fraction of sp³-hybridized carbons (Fsp3) is 0.250. The second-order valence-corrected chi connectivity index (χ2v) is 9.79. The minimum absolute atomic E-state index is 0.0595. The summed E-state index contributed by atoms with van der Waals surface area (Å²) < 4.78 is 31.9. The third-order valence-electron chi connectivity index (χ3n) is 5.31. The Kier molecular flexibility index (Phi) is 7.73. The van der Waals surface area contributed by atoms with Crippen LogP contribution in [0, 0.1) is 9.39 Å². The standard InChI is InChI=1S/C24H21ClFIN2O4S/c1-4-32-23(30)20-13(2)28-24-29(8-9-34-24)21(20)14-10-18(27)22(19(11-14)31-3)33-12-15-16(25)6-5-7-17(15)26/h5-11,21H,4,12H2,1-3H3/t21-/m0/s1. The van der Waals surface area contributed by atoms with Crippen molar-refractivity contribution in [3.63, 3.8) is 0 Å². The number of hydrogen-bond donors (Lipinski definition) is 0. The number of carbonyl (C=O) groups is 1. The maximum Gasteiger partial charge on any atom is 0.338 e. The van der Waals surface area contributed by atoms with E-state index >= 15 is 0 Å². The van der Waals surface area contributed by atoms with Crippen LogP contribution in [-0.2, 0) is 16.1 Å². The van der Waals surface area contributed by atoms with E-state index in [0.717, 1.165) is 14.3 Å². The van der Waals surface area contributed by atoms with Gasteiger partial charge in [0.05, 0.1) is 39.6 Å². The number of halogens is 3. The lowest BCUT2D eigenvalue weighted by atomic mass is 9.94. The molecule has 10 heteroatoms. The summed E-state index contributed by atoms with van der Waals surface area (Å²) in [5.74, 6) is 0.0578. The Morgan fingerprint density at radius 2 is 2.15 bits per heavy atom. The summed E-state index contributed by atoms with van der Waals surface area (Å²) in [6.07, 6.45) is 1.89. The highest BCUT2D eigenvalue weighted by Crippen LogP contribution is 2.44. The summed E-state index contributed by atoms with van der Waals surface area (Å²) in [5.41, 5.74) is 2.14. The molecular weight excluding hydrogens is 594 g/mol. The monoisotopic (exact) mass is 614 g/mol. The van der Waals surface area contributed by atoms with Gasteiger partial charge in [-0.2, -0.15) is 0 Å². The van der Waals surface area contributed by atoms with Gasteiger partial charge in [0.1, 0.15) is 12.4 Å². The Morgan fingerprint density at radius 1 is 1.35 bits per heavy atom. The van der Waals surface area contributed by atoms with Gasteiger partial charge in [-0.25, -0.2) is 14.2 Å². The van der Waals surface area contributed by atoms with Gasteiger partial charge in [0.25, 0.3) is 0 Å². The van der Waals surface area contributed by atoms with Crippen molar-refractivity contribution in [2.75, 3.05) is 13.7 Å². The van der Waals surface area contributed by atoms with Gasteiger partial charge in [-0.3, -0.25) is 0 Å². The number of thioether (sulfide) groups is 1. The van der Waals surface area contributed by atoms with E-state index in [0.29, 0.717) is 22.8 Å². The predicted molar refractivity (Wildman–Crippen MR) is 140 cm³/mol. The van der Waals surface area contributed by atoms with Crippen molar-refractivity contribution in [1.29, 1.82) is 0 Å². The van der Waals surface area contributed by atoms with Crippen LogP contribution in [0.2, 0.25) is 5.02 Å². The van der Waals surface area contributed by atoms with Crippen molar-refractivity contribution in [1.82, 2.24) is 4.90 Å². The Morgan fingerprint density at radius 3 is 2.85 bits per heavy atom. The molecule has 2 heterocycles. The van der Waals surface area contributed by atoms with Crippen molar-refractivity contribution < 1.29 is 23.4 Å². The number of benzene rings is 2. The molecular formula is C24H21ClFIN2O4S. The number of carbonyl (C=O) groups excluding carboxylic acids is 1. The first-order chi connectivity index (χ1) is 16.3. The van der Waals surface area contributed by atoms with Crippen molar-refractivity contribution in [2.24, 2.45) is 4.99 Å². The highest BCUT2D eigenvalue weighted by atomic mass is 127. The van der Waals surface area contributed by atoms with Crippen LogP contribution in [0.1, 0.15) is 31.0 Å². The number of aliphatic imine (C=N–C) groups is 1. The normalized spacial score (nSPS) is 16.9. The Bertz CT molecular complexity index is 1210. The van der Waals surface area contributed by atoms with Gasteiger partial charge in [0.15, 0.2) is 16.7 Å². The summed E-state index contributed by atoms with van der Waals surface area (Å²) in [7, 11) is 1.53. The van der Waals surface area contributed by atoms with Crippen LogP contribution in [0.3, 0.4) is 0 Å². The van der Waals surface area contributed by atoms with E-state index in [1.807, 2.05) is 28.6 Å². The third kappa shape index (κ3) is 4.78. The number of esters is 1. The molecule has 1 atom stereocenters. The topological polar surface area (TPSA) is 60.4 Å². The third-order valence-corrected chi connectivity index (χ3v) is 7.23. The largest absolute Gasteiger partial charge is 0.493 e. The van der Waals surface area contributed by atoms with E-state index in [9.17, 15) is 9.18 Å². The van der Waals surface area contributed by atoms with Crippen LogP contribution in [0.5, 0.6) is 11.5 Å². The van der Waals surface area contributed by atoms with E-state index in [-0.39, 0.29) is 23.8 Å². The number of fused-ring (bicyclic) bond motifs is 1. The zero-order valence-corrected chi connectivity index (χ0v) is 22.3. The fourth-order valence-electron chi connectivity index (χ4n) is 3.75. The smallest absolute Gasteiger partial charge is 0.338 e. The zero-order chi connectivity index (χ0) is 24.4. The molecule has 0 unspecified atom stereocenters. The maximum atomic E-state index is 14.2. The highest BCUT2D eigenvalue weighted by Gasteiger charge is 2.38. The Labute approximate surface area is 219 Å². The second-order valence-electron chi connectivity index (χ2n) is 7.35. The maximum absolute atomic E-state index is 14.2. The summed E-state index contributed by atoms with van der Waals surface area (Å²) in [6.45, 7) is 3.78. The molecule has 178 valence electrons. The van der Waals surface area contributed by atoms with Gasteiger partial charge in [-0.05, 0) is 71.7 Å². The summed E-state index contributed by atoms with van der Waals surface area (Å²) in [4.78, 5) is 19.4. The average molecular weight is 615 g/mol. The lowest BCUT2D eigenvalue weighted by Gasteiger charge is -2.33. The number of nitrogens with zero attached hydrogens (tertiary/aromatic N) is 2. The predicted octanol–water partition coefficient (Wildman–Crippen LogP) is 6.44. The molecule has 0 amide bonds. The lowest BCUT2D eigenvalue weighted by molar-refractivity contribution is -0.139. The minimum atomic E-state index is -0.449. The Balaban J connectivity index is 1.73. The molecule has 0 aliphatic carbocycles. The van der Waals surface area contributed by atoms with Crippen molar-refractivity contribution >= 4 is 57.1 Å². The van der Waals surface area contributed by atoms with Crippen LogP contribution in [0.15, 0.2) is 58.2 Å². The SMILES string of the molecule is CCOC(=O)C1=C(C)N=C2SC=CN2[C@H]1c1cc(I)c(OCc2c(F)cccc2Cl)c(OC)c1. The molecule has 2 aromatic rings. The number of hydrogen-bond acceptors (Lipinski definition) is 7. The molecule has 0 saturated carbocycles. The van der Waals surface area contributed by atoms with Crippen LogP contribution in [-0.4, -0.2) is 29.8 Å². The van der Waals surface area contributed by atoms with E-state index < -0.39 is 17.8 Å². The van der Waals surface area contributed by atoms with Gasteiger partial charge >= 0.3 is 5.97 Å². The van der Waals surface area contributed by atoms with Gasteiger partial charge in [-0.1, -0.05) is 29.4 Å². The van der Waals surface area contributed by atoms with Crippen molar-refractivity contribution in [3.8, 4) is 11.5 Å². The number of ether oxygens (including phenoxy) is 3. The fourth-order valence-corrected chi connectivity index (χ4v) is 5.54. The molecule has 0 bridgehead atoms. The van der Waals surface area contributed by atoms with Crippen LogP contribution in [0.25, 0.3) is 0 Å². The van der Waals surface area contributed by atoms with E-state index in [4.69, 9.17) is 25.8 Å². The highest BCUT2D eigenvalue weighted by molar-refractivity contribution is 14.1. The van der Waals surface area contributed by atoms with Gasteiger partial charge < -0.3 is 19.1 Å². The van der Waals surface area contributed by atoms with Gasteiger partial charge in [0, 0.05) is 11.8 Å². The number of rotatable bonds is 7. The van der Waals surface area contributed by atoms with E-state index in [1.165, 1.54) is 24.9 Å². The molecule has 2 aromatic carbocycles. The molecule has 0 N–H and O–H groups in total. The summed E-state index contributed by atoms with van der Waals surface area (Å²) >= 11 is 9.77. The van der Waals surface area contributed by atoms with Gasteiger partial charge in [-0.15, -0.1) is 0 Å². The molecule has 4 rings (SSSR count). The molecule has 0 fully saturated rings. The molecule has 0 radical (unpaired) electrons. The molecule has 0 aromatic heterocycles. The minimum Gasteiger partial charge on any atom is -0.493 e. The number of amidine groups is 1. The molecule has 6 nitrogen and oxygen atoms in total. The van der Waals surface area contributed by atoms with Crippen molar-refractivity contribution in [3.05, 3.63) is 78.7 Å². The quantitative estimate of drug-likeness (QED) is 0.264. The molecule has 2 aliphatic rings. The van der Waals surface area contributed by atoms with Gasteiger partial charge in [0.2, 0.25) is 0 Å². The molecule has 0 spiro atoms. The van der Waals surface area contributed by atoms with Crippen LogP contribution >= 0.6 is 46.0 Å². The Hall–Kier alpha value is -2.24. The summed E-state index contributed by atoms with van der Waals surface area (Å²) in [6, 6.07) is 7.78.